The molecule has 5 heteroatoms. The van der Waals surface area contributed by atoms with E-state index in [1.165, 1.54) is 0 Å². The van der Waals surface area contributed by atoms with Crippen LogP contribution in [0.2, 0.25) is 0 Å². The van der Waals surface area contributed by atoms with Crippen LogP contribution in [0.25, 0.3) is 10.9 Å². The van der Waals surface area contributed by atoms with Gasteiger partial charge in [-0.1, -0.05) is 19.1 Å². The van der Waals surface area contributed by atoms with Gasteiger partial charge in [-0.25, -0.2) is 4.98 Å². The standard InChI is InChI=1S/C17H24N4O/c1-3-15(20-11-9-18-10-12-20)16-19-14-8-6-5-7-13(14)17(22)21(16)4-2/h5-8,15,18H,3-4,9-12H2,1-2H3/t15-/m1/s1. The van der Waals surface area contributed by atoms with Gasteiger partial charge >= 0.3 is 0 Å². The Balaban J connectivity index is 2.13. The molecule has 22 heavy (non-hydrogen) atoms. The minimum atomic E-state index is 0.0803. The molecule has 0 radical (unpaired) electrons. The van der Waals surface area contributed by atoms with Gasteiger partial charge in [0.15, 0.2) is 0 Å². The van der Waals surface area contributed by atoms with E-state index in [9.17, 15) is 4.79 Å². The molecule has 3 rings (SSSR count). The van der Waals surface area contributed by atoms with Gasteiger partial charge in [0.05, 0.1) is 16.9 Å². The van der Waals surface area contributed by atoms with E-state index in [2.05, 4.69) is 17.1 Å². The molecule has 0 amide bonds. The number of nitrogens with one attached hydrogen (secondary N) is 1. The first kappa shape index (κ1) is 15.2. The summed E-state index contributed by atoms with van der Waals surface area (Å²) in [4.78, 5) is 20.1. The normalized spacial score (nSPS) is 17.7. The molecular weight excluding hydrogens is 276 g/mol. The van der Waals surface area contributed by atoms with Crippen LogP contribution in [0.3, 0.4) is 0 Å². The summed E-state index contributed by atoms with van der Waals surface area (Å²) < 4.78 is 1.85. The topological polar surface area (TPSA) is 50.2 Å². The smallest absolute Gasteiger partial charge is 0.261 e. The Morgan fingerprint density at radius 3 is 2.64 bits per heavy atom. The summed E-state index contributed by atoms with van der Waals surface area (Å²) in [6.45, 7) is 8.87. The molecule has 1 aliphatic heterocycles. The average molecular weight is 300 g/mol. The highest BCUT2D eigenvalue weighted by Gasteiger charge is 2.25. The van der Waals surface area contributed by atoms with Crippen molar-refractivity contribution in [3.63, 3.8) is 0 Å². The summed E-state index contributed by atoms with van der Waals surface area (Å²) in [5.41, 5.74) is 0.887. The molecular formula is C17H24N4O. The van der Waals surface area contributed by atoms with E-state index >= 15 is 0 Å². The fourth-order valence-electron chi connectivity index (χ4n) is 3.34. The fourth-order valence-corrected chi connectivity index (χ4v) is 3.34. The van der Waals surface area contributed by atoms with Crippen LogP contribution in [0.5, 0.6) is 0 Å². The number of rotatable bonds is 4. The molecule has 2 heterocycles. The Labute approximate surface area is 131 Å². The van der Waals surface area contributed by atoms with E-state index in [1.807, 2.05) is 35.8 Å². The molecule has 118 valence electrons. The fraction of sp³-hybridized carbons (Fsp3) is 0.529. The maximum absolute atomic E-state index is 12.8. The molecule has 0 aliphatic carbocycles. The molecule has 0 saturated carbocycles. The number of benzene rings is 1. The molecule has 0 spiro atoms. The van der Waals surface area contributed by atoms with Crippen LogP contribution in [0.15, 0.2) is 29.1 Å². The van der Waals surface area contributed by atoms with Crippen molar-refractivity contribution in [1.82, 2.24) is 19.8 Å². The van der Waals surface area contributed by atoms with Gasteiger partial charge in [0.25, 0.3) is 5.56 Å². The van der Waals surface area contributed by atoms with Gasteiger partial charge in [-0.2, -0.15) is 0 Å². The average Bonchev–Trinajstić information content (AvgIpc) is 2.57. The van der Waals surface area contributed by atoms with Crippen molar-refractivity contribution in [3.05, 3.63) is 40.4 Å². The minimum absolute atomic E-state index is 0.0803. The van der Waals surface area contributed by atoms with Crippen LogP contribution in [0.1, 0.15) is 32.1 Å². The van der Waals surface area contributed by atoms with Crippen LogP contribution >= 0.6 is 0 Å². The molecule has 1 aromatic carbocycles. The highest BCUT2D eigenvalue weighted by atomic mass is 16.1. The monoisotopic (exact) mass is 300 g/mol. The third-order valence-corrected chi connectivity index (χ3v) is 4.48. The molecule has 0 unspecified atom stereocenters. The number of nitrogens with zero attached hydrogens (tertiary/aromatic N) is 3. The van der Waals surface area contributed by atoms with E-state index < -0.39 is 0 Å². The molecule has 2 aromatic rings. The van der Waals surface area contributed by atoms with Crippen LogP contribution < -0.4 is 10.9 Å². The number of para-hydroxylation sites is 1. The molecule has 1 saturated heterocycles. The Morgan fingerprint density at radius 2 is 1.95 bits per heavy atom. The Bertz CT molecular complexity index is 703. The third kappa shape index (κ3) is 2.66. The maximum atomic E-state index is 12.8. The highest BCUT2D eigenvalue weighted by molar-refractivity contribution is 5.77. The van der Waals surface area contributed by atoms with E-state index in [0.717, 1.165) is 43.9 Å². The van der Waals surface area contributed by atoms with Crippen molar-refractivity contribution in [2.24, 2.45) is 0 Å². The largest absolute Gasteiger partial charge is 0.314 e. The molecule has 1 N–H and O–H groups in total. The minimum Gasteiger partial charge on any atom is -0.314 e. The molecule has 1 aliphatic rings. The van der Waals surface area contributed by atoms with Gasteiger partial charge in [0, 0.05) is 32.7 Å². The lowest BCUT2D eigenvalue weighted by atomic mass is 10.1. The first-order valence-electron chi connectivity index (χ1n) is 8.20. The van der Waals surface area contributed by atoms with Gasteiger partial charge in [-0.05, 0) is 25.5 Å². The van der Waals surface area contributed by atoms with Crippen LogP contribution in [0.4, 0.5) is 0 Å². The second-order valence-corrected chi connectivity index (χ2v) is 5.75. The molecule has 0 bridgehead atoms. The third-order valence-electron chi connectivity index (χ3n) is 4.48. The van der Waals surface area contributed by atoms with E-state index in [0.29, 0.717) is 11.9 Å². The summed E-state index contributed by atoms with van der Waals surface area (Å²) in [7, 11) is 0. The van der Waals surface area contributed by atoms with Gasteiger partial charge < -0.3 is 5.32 Å². The molecule has 1 atom stereocenters. The van der Waals surface area contributed by atoms with Gasteiger partial charge in [0.1, 0.15) is 5.82 Å². The molecule has 1 fully saturated rings. The number of piperazine rings is 1. The summed E-state index contributed by atoms with van der Waals surface area (Å²) in [6, 6.07) is 7.86. The van der Waals surface area contributed by atoms with Crippen molar-refractivity contribution in [2.45, 2.75) is 32.9 Å². The lowest BCUT2D eigenvalue weighted by molar-refractivity contribution is 0.158. The lowest BCUT2D eigenvalue weighted by Crippen LogP contribution is -2.46. The Hall–Kier alpha value is -1.72. The van der Waals surface area contributed by atoms with Crippen molar-refractivity contribution in [1.29, 1.82) is 0 Å². The molecule has 5 nitrogen and oxygen atoms in total. The summed E-state index contributed by atoms with van der Waals surface area (Å²) in [6.07, 6.45) is 0.963. The SMILES string of the molecule is CC[C@H](c1nc2ccccc2c(=O)n1CC)N1CCNCC1. The Morgan fingerprint density at radius 1 is 1.23 bits per heavy atom. The van der Waals surface area contributed by atoms with Gasteiger partial charge in [-0.3, -0.25) is 14.3 Å². The van der Waals surface area contributed by atoms with Crippen molar-refractivity contribution in [2.75, 3.05) is 26.2 Å². The second-order valence-electron chi connectivity index (χ2n) is 5.75. The van der Waals surface area contributed by atoms with Gasteiger partial charge in [-0.15, -0.1) is 0 Å². The zero-order chi connectivity index (χ0) is 15.5. The second kappa shape index (κ2) is 6.58. The van der Waals surface area contributed by atoms with Crippen molar-refractivity contribution >= 4 is 10.9 Å². The van der Waals surface area contributed by atoms with E-state index in [4.69, 9.17) is 4.98 Å². The first-order chi connectivity index (χ1) is 10.8. The van der Waals surface area contributed by atoms with Gasteiger partial charge in [0.2, 0.25) is 0 Å². The maximum Gasteiger partial charge on any atom is 0.261 e. The lowest BCUT2D eigenvalue weighted by Gasteiger charge is -2.34. The zero-order valence-corrected chi connectivity index (χ0v) is 13.4. The predicted molar refractivity (Wildman–Crippen MR) is 89.2 cm³/mol. The van der Waals surface area contributed by atoms with Crippen LogP contribution in [-0.4, -0.2) is 40.6 Å². The number of hydrogen-bond acceptors (Lipinski definition) is 4. The summed E-state index contributed by atoms with van der Waals surface area (Å²) in [5.74, 6) is 0.913. The van der Waals surface area contributed by atoms with Crippen LogP contribution in [0, 0.1) is 0 Å². The van der Waals surface area contributed by atoms with Crippen molar-refractivity contribution < 1.29 is 0 Å². The number of aromatic nitrogens is 2. The zero-order valence-electron chi connectivity index (χ0n) is 13.4. The van der Waals surface area contributed by atoms with E-state index in [-0.39, 0.29) is 11.6 Å². The molecule has 1 aromatic heterocycles. The predicted octanol–water partition coefficient (Wildman–Crippen LogP) is 1.77. The quantitative estimate of drug-likeness (QED) is 0.935. The van der Waals surface area contributed by atoms with Crippen LogP contribution in [-0.2, 0) is 6.54 Å². The van der Waals surface area contributed by atoms with Crippen molar-refractivity contribution in [3.8, 4) is 0 Å². The summed E-state index contributed by atoms with van der Waals surface area (Å²) >= 11 is 0. The first-order valence-corrected chi connectivity index (χ1v) is 8.20. The summed E-state index contributed by atoms with van der Waals surface area (Å²) in [5, 5.41) is 4.10. The Kier molecular flexibility index (Phi) is 4.55. The van der Waals surface area contributed by atoms with E-state index in [1.54, 1.807) is 0 Å². The highest BCUT2D eigenvalue weighted by Crippen LogP contribution is 2.23. The number of hydrogen-bond donors (Lipinski definition) is 1. The number of fused-ring (bicyclic) bond motifs is 1.